The lowest BCUT2D eigenvalue weighted by molar-refractivity contribution is 0.0697. The summed E-state index contributed by atoms with van der Waals surface area (Å²) in [4.78, 5) is 15.0. The fourth-order valence-corrected chi connectivity index (χ4v) is 2.70. The number of rotatable bonds is 4. The van der Waals surface area contributed by atoms with E-state index in [0.717, 1.165) is 12.5 Å². The van der Waals surface area contributed by atoms with Crippen molar-refractivity contribution < 1.29 is 9.90 Å². The van der Waals surface area contributed by atoms with Gasteiger partial charge in [0.25, 0.3) is 0 Å². The lowest BCUT2D eigenvalue weighted by atomic mass is 9.83. The van der Waals surface area contributed by atoms with Crippen molar-refractivity contribution in [1.82, 2.24) is 4.98 Å². The maximum atomic E-state index is 10.9. The second-order valence-corrected chi connectivity index (χ2v) is 5.76. The molecule has 5 heteroatoms. The predicted molar refractivity (Wildman–Crippen MR) is 75.8 cm³/mol. The molecule has 1 aliphatic carbocycles. The average Bonchev–Trinajstić information content (AvgIpc) is 2.37. The van der Waals surface area contributed by atoms with Crippen molar-refractivity contribution in [3.05, 3.63) is 22.8 Å². The van der Waals surface area contributed by atoms with Crippen molar-refractivity contribution >= 4 is 23.4 Å². The number of carboxylic acids is 1. The quantitative estimate of drug-likeness (QED) is 0.827. The molecule has 0 aromatic carbocycles. The summed E-state index contributed by atoms with van der Waals surface area (Å²) in [6.45, 7) is 3.13. The molecule has 0 radical (unpaired) electrons. The molecule has 0 spiro atoms. The maximum absolute atomic E-state index is 10.9. The molecule has 2 N–H and O–H groups in total. The van der Waals surface area contributed by atoms with Crippen molar-refractivity contribution in [3.8, 4) is 0 Å². The Hall–Kier alpha value is -1.29. The van der Waals surface area contributed by atoms with E-state index in [1.165, 1.54) is 37.8 Å². The van der Waals surface area contributed by atoms with Crippen LogP contribution in [0.3, 0.4) is 0 Å². The zero-order valence-corrected chi connectivity index (χ0v) is 11.8. The van der Waals surface area contributed by atoms with E-state index in [4.69, 9.17) is 16.7 Å². The standard InChI is InChI=1S/C14H19ClN2O2/c1-9-2-4-10(5-3-9)8-16-13-7-11(14(18)19)6-12(15)17-13/h6-7,9-10H,2-5,8H2,1H3,(H,16,17)(H,18,19). The van der Waals surface area contributed by atoms with Crippen LogP contribution in [0.2, 0.25) is 5.15 Å². The number of carbonyl (C=O) groups is 1. The SMILES string of the molecule is CC1CCC(CNc2cc(C(=O)O)cc(Cl)n2)CC1. The zero-order chi connectivity index (χ0) is 13.8. The molecule has 1 aromatic heterocycles. The van der Waals surface area contributed by atoms with E-state index >= 15 is 0 Å². The zero-order valence-electron chi connectivity index (χ0n) is 11.0. The minimum Gasteiger partial charge on any atom is -0.478 e. The minimum atomic E-state index is -0.987. The number of nitrogens with one attached hydrogen (secondary N) is 1. The third kappa shape index (κ3) is 4.10. The van der Waals surface area contributed by atoms with Gasteiger partial charge in [-0.2, -0.15) is 0 Å². The summed E-state index contributed by atoms with van der Waals surface area (Å²) in [6.07, 6.45) is 4.99. The van der Waals surface area contributed by atoms with E-state index in [1.54, 1.807) is 0 Å². The minimum absolute atomic E-state index is 0.166. The van der Waals surface area contributed by atoms with E-state index in [0.29, 0.717) is 11.7 Å². The molecule has 1 aliphatic rings. The average molecular weight is 283 g/mol. The molecule has 0 unspecified atom stereocenters. The van der Waals surface area contributed by atoms with E-state index in [-0.39, 0.29) is 10.7 Å². The number of anilines is 1. The van der Waals surface area contributed by atoms with Crippen molar-refractivity contribution in [2.24, 2.45) is 11.8 Å². The Morgan fingerprint density at radius 3 is 2.74 bits per heavy atom. The Kier molecular flexibility index (Phi) is 4.64. The Balaban J connectivity index is 1.94. The fourth-order valence-electron chi connectivity index (χ4n) is 2.49. The van der Waals surface area contributed by atoms with Gasteiger partial charge in [-0.25, -0.2) is 9.78 Å². The number of aromatic carboxylic acids is 1. The third-order valence-corrected chi connectivity index (χ3v) is 3.94. The van der Waals surface area contributed by atoms with Crippen molar-refractivity contribution in [1.29, 1.82) is 0 Å². The number of hydrogen-bond donors (Lipinski definition) is 2. The predicted octanol–water partition coefficient (Wildman–Crippen LogP) is 3.67. The highest BCUT2D eigenvalue weighted by Gasteiger charge is 2.18. The van der Waals surface area contributed by atoms with Gasteiger partial charge in [0.1, 0.15) is 11.0 Å². The van der Waals surface area contributed by atoms with Gasteiger partial charge in [-0.15, -0.1) is 0 Å². The molecule has 19 heavy (non-hydrogen) atoms. The number of halogens is 1. The molecule has 0 bridgehead atoms. The highest BCUT2D eigenvalue weighted by atomic mass is 35.5. The summed E-state index contributed by atoms with van der Waals surface area (Å²) in [6, 6.07) is 2.89. The van der Waals surface area contributed by atoms with E-state index in [9.17, 15) is 4.79 Å². The van der Waals surface area contributed by atoms with Gasteiger partial charge >= 0.3 is 5.97 Å². The molecule has 0 aliphatic heterocycles. The number of nitrogens with zero attached hydrogens (tertiary/aromatic N) is 1. The van der Waals surface area contributed by atoms with Crippen LogP contribution in [0.15, 0.2) is 12.1 Å². The van der Waals surface area contributed by atoms with Crippen LogP contribution in [0.1, 0.15) is 43.0 Å². The largest absolute Gasteiger partial charge is 0.478 e. The first kappa shape index (κ1) is 14.1. The van der Waals surface area contributed by atoms with E-state index in [1.807, 2.05) is 0 Å². The molecular weight excluding hydrogens is 264 g/mol. The van der Waals surface area contributed by atoms with Crippen LogP contribution in [0.4, 0.5) is 5.82 Å². The normalized spacial score (nSPS) is 23.1. The highest BCUT2D eigenvalue weighted by Crippen LogP contribution is 2.28. The number of aromatic nitrogens is 1. The summed E-state index contributed by atoms with van der Waals surface area (Å²) >= 11 is 5.82. The molecule has 2 rings (SSSR count). The topological polar surface area (TPSA) is 62.2 Å². The smallest absolute Gasteiger partial charge is 0.335 e. The van der Waals surface area contributed by atoms with Gasteiger partial charge in [-0.1, -0.05) is 31.4 Å². The first-order valence-corrected chi connectivity index (χ1v) is 7.07. The van der Waals surface area contributed by atoms with Crippen molar-refractivity contribution in [2.45, 2.75) is 32.6 Å². The third-order valence-electron chi connectivity index (χ3n) is 3.75. The summed E-state index contributed by atoms with van der Waals surface area (Å²) in [5.74, 6) is 1.03. The van der Waals surface area contributed by atoms with Crippen LogP contribution in [0.5, 0.6) is 0 Å². The van der Waals surface area contributed by atoms with Gasteiger partial charge in [0.05, 0.1) is 5.56 Å². The lowest BCUT2D eigenvalue weighted by Crippen LogP contribution is -2.20. The molecule has 4 nitrogen and oxygen atoms in total. The van der Waals surface area contributed by atoms with E-state index in [2.05, 4.69) is 17.2 Å². The highest BCUT2D eigenvalue weighted by molar-refractivity contribution is 6.29. The maximum Gasteiger partial charge on any atom is 0.335 e. The number of carboxylic acid groups (broad SMARTS) is 1. The van der Waals surface area contributed by atoms with Crippen LogP contribution in [0, 0.1) is 11.8 Å². The first-order chi connectivity index (χ1) is 9.04. The molecule has 1 fully saturated rings. The Labute approximate surface area is 118 Å². The van der Waals surface area contributed by atoms with Gasteiger partial charge < -0.3 is 10.4 Å². The van der Waals surface area contributed by atoms with E-state index < -0.39 is 5.97 Å². The Bertz CT molecular complexity index is 457. The van der Waals surface area contributed by atoms with Crippen LogP contribution in [-0.2, 0) is 0 Å². The van der Waals surface area contributed by atoms with Crippen molar-refractivity contribution in [2.75, 3.05) is 11.9 Å². The summed E-state index contributed by atoms with van der Waals surface area (Å²) in [5.41, 5.74) is 0.166. The summed E-state index contributed by atoms with van der Waals surface area (Å²) in [5, 5.41) is 12.4. The second-order valence-electron chi connectivity index (χ2n) is 5.38. The van der Waals surface area contributed by atoms with Crippen LogP contribution in [-0.4, -0.2) is 22.6 Å². The van der Waals surface area contributed by atoms with Crippen LogP contribution < -0.4 is 5.32 Å². The number of pyridine rings is 1. The molecule has 1 saturated carbocycles. The second kappa shape index (κ2) is 6.24. The van der Waals surface area contributed by atoms with Gasteiger partial charge in [0.2, 0.25) is 0 Å². The monoisotopic (exact) mass is 282 g/mol. The Morgan fingerprint density at radius 1 is 1.42 bits per heavy atom. The van der Waals surface area contributed by atoms with Gasteiger partial charge in [0.15, 0.2) is 0 Å². The van der Waals surface area contributed by atoms with Crippen LogP contribution in [0.25, 0.3) is 0 Å². The molecule has 1 heterocycles. The summed E-state index contributed by atoms with van der Waals surface area (Å²) in [7, 11) is 0. The fraction of sp³-hybridized carbons (Fsp3) is 0.571. The van der Waals surface area contributed by atoms with Crippen molar-refractivity contribution in [3.63, 3.8) is 0 Å². The lowest BCUT2D eigenvalue weighted by Gasteiger charge is -2.26. The number of hydrogen-bond acceptors (Lipinski definition) is 3. The molecule has 1 aromatic rings. The summed E-state index contributed by atoms with van der Waals surface area (Å²) < 4.78 is 0. The van der Waals surface area contributed by atoms with Crippen LogP contribution >= 0.6 is 11.6 Å². The van der Waals surface area contributed by atoms with Gasteiger partial charge in [-0.3, -0.25) is 0 Å². The molecular formula is C14H19ClN2O2. The first-order valence-electron chi connectivity index (χ1n) is 6.69. The van der Waals surface area contributed by atoms with Gasteiger partial charge in [0, 0.05) is 6.54 Å². The molecule has 0 saturated heterocycles. The molecule has 0 atom stereocenters. The Morgan fingerprint density at radius 2 is 2.11 bits per heavy atom. The van der Waals surface area contributed by atoms with Gasteiger partial charge in [-0.05, 0) is 36.8 Å². The molecule has 104 valence electrons. The molecule has 0 amide bonds.